The predicted molar refractivity (Wildman–Crippen MR) is 75.1 cm³/mol. The average molecular weight is 237 g/mol. The largest absolute Gasteiger partial charge is 0.311 e. The van der Waals surface area contributed by atoms with E-state index in [2.05, 4.69) is 26.1 Å². The molecule has 0 heterocycles. The summed E-state index contributed by atoms with van der Waals surface area (Å²) in [4.78, 5) is 0. The lowest BCUT2D eigenvalue weighted by atomic mass is 9.79. The minimum Gasteiger partial charge on any atom is -0.311 e. The van der Waals surface area contributed by atoms with Gasteiger partial charge >= 0.3 is 0 Å². The maximum atomic E-state index is 3.94. The van der Waals surface area contributed by atoms with Crippen LogP contribution in [0.25, 0.3) is 0 Å². The van der Waals surface area contributed by atoms with Crippen LogP contribution < -0.4 is 5.32 Å². The summed E-state index contributed by atoms with van der Waals surface area (Å²) in [5.74, 6) is 2.87. The Morgan fingerprint density at radius 3 is 1.71 bits per heavy atom. The molecule has 2 fully saturated rings. The van der Waals surface area contributed by atoms with Gasteiger partial charge in [0.25, 0.3) is 0 Å². The Bertz CT molecular complexity index is 208. The van der Waals surface area contributed by atoms with E-state index in [9.17, 15) is 0 Å². The number of hydrogen-bond acceptors (Lipinski definition) is 1. The van der Waals surface area contributed by atoms with Gasteiger partial charge in [-0.1, -0.05) is 20.8 Å². The molecular formula is C16H31N. The Kier molecular flexibility index (Phi) is 4.90. The van der Waals surface area contributed by atoms with E-state index in [1.54, 1.807) is 0 Å². The van der Waals surface area contributed by atoms with Crippen molar-refractivity contribution in [2.24, 2.45) is 17.8 Å². The topological polar surface area (TPSA) is 12.0 Å². The fraction of sp³-hybridized carbons (Fsp3) is 1.00. The van der Waals surface area contributed by atoms with E-state index in [1.807, 2.05) is 0 Å². The van der Waals surface area contributed by atoms with Crippen molar-refractivity contribution in [3.8, 4) is 0 Å². The summed E-state index contributed by atoms with van der Waals surface area (Å²) < 4.78 is 0. The standard InChI is InChI=1S/C16H31N/c1-12(2)14-6-10-16(11-7-14)17-15-8-4-13(3)5-9-15/h12-17H,4-11H2,1-3H3. The van der Waals surface area contributed by atoms with Crippen LogP contribution in [0.2, 0.25) is 0 Å². The Morgan fingerprint density at radius 2 is 1.24 bits per heavy atom. The van der Waals surface area contributed by atoms with E-state index in [4.69, 9.17) is 0 Å². The summed E-state index contributed by atoms with van der Waals surface area (Å²) in [5.41, 5.74) is 0. The van der Waals surface area contributed by atoms with Crippen LogP contribution in [0, 0.1) is 17.8 Å². The van der Waals surface area contributed by atoms with Crippen LogP contribution in [0.15, 0.2) is 0 Å². The molecule has 0 aromatic carbocycles. The summed E-state index contributed by atoms with van der Waals surface area (Å²) in [6, 6.07) is 1.68. The van der Waals surface area contributed by atoms with Gasteiger partial charge < -0.3 is 5.32 Å². The molecule has 0 atom stereocenters. The highest BCUT2D eigenvalue weighted by molar-refractivity contribution is 4.83. The molecule has 2 aliphatic rings. The van der Waals surface area contributed by atoms with E-state index < -0.39 is 0 Å². The number of rotatable bonds is 3. The fourth-order valence-electron chi connectivity index (χ4n) is 3.71. The van der Waals surface area contributed by atoms with Crippen LogP contribution in [-0.4, -0.2) is 12.1 Å². The van der Waals surface area contributed by atoms with Crippen molar-refractivity contribution in [3.05, 3.63) is 0 Å². The highest BCUT2D eigenvalue weighted by atomic mass is 15.0. The Morgan fingerprint density at radius 1 is 0.765 bits per heavy atom. The average Bonchev–Trinajstić information content (AvgIpc) is 2.33. The summed E-state index contributed by atoms with van der Waals surface area (Å²) in [7, 11) is 0. The minimum atomic E-state index is 0.836. The molecule has 2 rings (SSSR count). The van der Waals surface area contributed by atoms with Gasteiger partial charge in [-0.3, -0.25) is 0 Å². The fourth-order valence-corrected chi connectivity index (χ4v) is 3.71. The first kappa shape index (κ1) is 13.4. The molecule has 2 aliphatic carbocycles. The second-order valence-electron chi connectivity index (χ2n) is 6.98. The van der Waals surface area contributed by atoms with Crippen LogP contribution in [0.1, 0.15) is 72.1 Å². The van der Waals surface area contributed by atoms with E-state index in [-0.39, 0.29) is 0 Å². The van der Waals surface area contributed by atoms with Crippen LogP contribution in [-0.2, 0) is 0 Å². The highest BCUT2D eigenvalue weighted by Gasteiger charge is 2.26. The summed E-state index contributed by atoms with van der Waals surface area (Å²) >= 11 is 0. The van der Waals surface area contributed by atoms with Crippen molar-refractivity contribution in [3.63, 3.8) is 0 Å². The summed E-state index contributed by atoms with van der Waals surface area (Å²) in [5, 5.41) is 3.94. The van der Waals surface area contributed by atoms with Gasteiger partial charge in [0.2, 0.25) is 0 Å². The quantitative estimate of drug-likeness (QED) is 0.768. The van der Waals surface area contributed by atoms with E-state index in [1.165, 1.54) is 51.4 Å². The van der Waals surface area contributed by atoms with Gasteiger partial charge in [-0.2, -0.15) is 0 Å². The molecule has 2 saturated carbocycles. The Hall–Kier alpha value is -0.0400. The third-order valence-corrected chi connectivity index (χ3v) is 5.20. The molecule has 0 unspecified atom stereocenters. The first-order chi connectivity index (χ1) is 8.15. The molecule has 1 heteroatoms. The van der Waals surface area contributed by atoms with E-state index >= 15 is 0 Å². The molecule has 0 saturated heterocycles. The zero-order valence-electron chi connectivity index (χ0n) is 12.0. The molecule has 1 N–H and O–H groups in total. The lowest BCUT2D eigenvalue weighted by Gasteiger charge is -2.35. The molecule has 1 nitrogen and oxygen atoms in total. The van der Waals surface area contributed by atoms with Crippen LogP contribution in [0.3, 0.4) is 0 Å². The van der Waals surface area contributed by atoms with Crippen molar-refractivity contribution in [2.75, 3.05) is 0 Å². The highest BCUT2D eigenvalue weighted by Crippen LogP contribution is 2.31. The molecular weight excluding hydrogens is 206 g/mol. The first-order valence-corrected chi connectivity index (χ1v) is 7.91. The normalized spacial score (nSPS) is 39.5. The van der Waals surface area contributed by atoms with Gasteiger partial charge in [-0.15, -0.1) is 0 Å². The zero-order valence-corrected chi connectivity index (χ0v) is 12.0. The van der Waals surface area contributed by atoms with Crippen LogP contribution in [0.4, 0.5) is 0 Å². The molecule has 0 aromatic rings. The van der Waals surface area contributed by atoms with E-state index in [0.717, 1.165) is 29.8 Å². The molecule has 0 aromatic heterocycles. The number of hydrogen-bond donors (Lipinski definition) is 1. The minimum absolute atomic E-state index is 0.836. The smallest absolute Gasteiger partial charge is 0.00698 e. The maximum Gasteiger partial charge on any atom is 0.00698 e. The van der Waals surface area contributed by atoms with Crippen molar-refractivity contribution >= 4 is 0 Å². The summed E-state index contributed by atoms with van der Waals surface area (Å²) in [6.07, 6.45) is 11.5. The van der Waals surface area contributed by atoms with Crippen molar-refractivity contribution < 1.29 is 0 Å². The Labute approximate surface area is 108 Å². The first-order valence-electron chi connectivity index (χ1n) is 7.91. The van der Waals surface area contributed by atoms with Gasteiger partial charge in [0.1, 0.15) is 0 Å². The second kappa shape index (κ2) is 6.22. The third-order valence-electron chi connectivity index (χ3n) is 5.20. The maximum absolute atomic E-state index is 3.94. The zero-order chi connectivity index (χ0) is 12.3. The SMILES string of the molecule is CC1CCC(NC2CCC(C(C)C)CC2)CC1. The molecule has 0 radical (unpaired) electrons. The van der Waals surface area contributed by atoms with Crippen molar-refractivity contribution in [1.29, 1.82) is 0 Å². The van der Waals surface area contributed by atoms with Gasteiger partial charge in [0, 0.05) is 12.1 Å². The van der Waals surface area contributed by atoms with Crippen molar-refractivity contribution in [1.82, 2.24) is 5.32 Å². The molecule has 100 valence electrons. The van der Waals surface area contributed by atoms with Crippen LogP contribution in [0.5, 0.6) is 0 Å². The van der Waals surface area contributed by atoms with Gasteiger partial charge in [-0.25, -0.2) is 0 Å². The lowest BCUT2D eigenvalue weighted by Crippen LogP contribution is -2.42. The van der Waals surface area contributed by atoms with Crippen LogP contribution >= 0.6 is 0 Å². The number of nitrogens with one attached hydrogen (secondary N) is 1. The third kappa shape index (κ3) is 3.98. The monoisotopic (exact) mass is 237 g/mol. The van der Waals surface area contributed by atoms with Gasteiger partial charge in [-0.05, 0) is 69.1 Å². The lowest BCUT2D eigenvalue weighted by molar-refractivity contribution is 0.208. The van der Waals surface area contributed by atoms with Gasteiger partial charge in [0.05, 0.1) is 0 Å². The Balaban J connectivity index is 1.67. The molecule has 0 spiro atoms. The van der Waals surface area contributed by atoms with Crippen molar-refractivity contribution in [2.45, 2.75) is 84.2 Å². The van der Waals surface area contributed by atoms with Gasteiger partial charge in [0.15, 0.2) is 0 Å². The second-order valence-corrected chi connectivity index (χ2v) is 6.98. The molecule has 17 heavy (non-hydrogen) atoms. The summed E-state index contributed by atoms with van der Waals surface area (Å²) in [6.45, 7) is 7.19. The molecule has 0 amide bonds. The molecule has 0 aliphatic heterocycles. The predicted octanol–water partition coefficient (Wildman–Crippen LogP) is 4.37. The molecule has 0 bridgehead atoms. The van der Waals surface area contributed by atoms with E-state index in [0.29, 0.717) is 0 Å².